The smallest absolute Gasteiger partial charge is 0.136 e. The van der Waals surface area contributed by atoms with Crippen molar-refractivity contribution in [3.05, 3.63) is 13.2 Å². The Bertz CT molecular complexity index is 76.2. The van der Waals surface area contributed by atoms with Gasteiger partial charge in [0, 0.05) is 12.3 Å². The van der Waals surface area contributed by atoms with Crippen molar-refractivity contribution in [3.63, 3.8) is 0 Å². The topological polar surface area (TPSA) is 17.1 Å². The molecule has 1 unspecified atom stereocenters. The van der Waals surface area contributed by atoms with Gasteiger partial charge in [-0.25, -0.2) is 0 Å². The molecular formula is C6H10O. The number of Topliss-reactive ketones (excluding diaryl/α,β-unsaturated/α-hetero) is 1. The quantitative estimate of drug-likeness (QED) is 0.418. The van der Waals surface area contributed by atoms with Crippen LogP contribution in [0.5, 0.6) is 0 Å². The first kappa shape index (κ1) is 6.41. The predicted molar refractivity (Wildman–Crippen MR) is 30.0 cm³/mol. The van der Waals surface area contributed by atoms with Gasteiger partial charge in [-0.2, -0.15) is 0 Å². The molecule has 1 nitrogen and oxygen atoms in total. The van der Waals surface area contributed by atoms with Crippen molar-refractivity contribution in [2.75, 3.05) is 0 Å². The molecule has 0 bridgehead atoms. The summed E-state index contributed by atoms with van der Waals surface area (Å²) in [6.07, 6.45) is 0.833. The molecule has 1 atom stereocenters. The summed E-state index contributed by atoms with van der Waals surface area (Å²) >= 11 is 0. The molecular weight excluding hydrogens is 88.1 g/mol. The first-order valence-corrected chi connectivity index (χ1v) is 2.33. The summed E-state index contributed by atoms with van der Waals surface area (Å²) in [6, 6.07) is 0. The van der Waals surface area contributed by atoms with Crippen LogP contribution in [0.25, 0.3) is 0 Å². The molecule has 40 valence electrons. The van der Waals surface area contributed by atoms with E-state index in [2.05, 4.69) is 13.2 Å². The molecule has 0 aromatic heterocycles. The molecule has 7 heavy (non-hydrogen) atoms. The maximum atomic E-state index is 9.89. The van der Waals surface area contributed by atoms with Crippen LogP contribution in [0.4, 0.5) is 0 Å². The van der Waals surface area contributed by atoms with Crippen molar-refractivity contribution >= 4 is 5.78 Å². The van der Waals surface area contributed by atoms with E-state index in [0.29, 0.717) is 11.7 Å². The van der Waals surface area contributed by atoms with E-state index >= 15 is 0 Å². The van der Waals surface area contributed by atoms with Crippen LogP contribution >= 0.6 is 0 Å². The maximum Gasteiger partial charge on any atom is 0.136 e. The van der Waals surface area contributed by atoms with Crippen molar-refractivity contribution in [2.45, 2.75) is 13.3 Å². The first-order chi connectivity index (χ1) is 3.30. The molecule has 1 saturated carbocycles. The van der Waals surface area contributed by atoms with Gasteiger partial charge in [-0.05, 0) is 0 Å². The van der Waals surface area contributed by atoms with E-state index in [0.717, 1.165) is 6.42 Å². The highest BCUT2D eigenvalue weighted by atomic mass is 16.1. The second-order valence-corrected chi connectivity index (χ2v) is 1.57. The Hall–Kier alpha value is -0.590. The molecule has 1 fully saturated rings. The summed E-state index contributed by atoms with van der Waals surface area (Å²) < 4.78 is 0. The second kappa shape index (κ2) is 2.56. The highest BCUT2D eigenvalue weighted by Crippen LogP contribution is 2.21. The van der Waals surface area contributed by atoms with Gasteiger partial charge in [-0.15, -0.1) is 13.2 Å². The second-order valence-electron chi connectivity index (χ2n) is 1.57. The Morgan fingerprint density at radius 2 is 1.86 bits per heavy atom. The minimum absolute atomic E-state index is 0.412. The van der Waals surface area contributed by atoms with Crippen LogP contribution in [0, 0.1) is 5.92 Å². The first-order valence-electron chi connectivity index (χ1n) is 2.33. The van der Waals surface area contributed by atoms with Crippen LogP contribution in [0.1, 0.15) is 13.3 Å². The molecule has 0 N–H and O–H groups in total. The Labute approximate surface area is 44.0 Å². The zero-order chi connectivity index (χ0) is 5.86. The lowest BCUT2D eigenvalue weighted by molar-refractivity contribution is -0.110. The summed E-state index contributed by atoms with van der Waals surface area (Å²) in [6.45, 7) is 7.95. The number of hydrogen-bond donors (Lipinski definition) is 0. The molecule has 0 spiro atoms. The SMILES string of the molecule is C=C.CC1CC1=O. The monoisotopic (exact) mass is 98.1 g/mol. The van der Waals surface area contributed by atoms with E-state index in [9.17, 15) is 4.79 Å². The minimum atomic E-state index is 0.412. The summed E-state index contributed by atoms with van der Waals surface area (Å²) in [7, 11) is 0. The number of ketones is 1. The fourth-order valence-electron chi connectivity index (χ4n) is 0.243. The molecule has 1 aliphatic rings. The molecule has 1 rings (SSSR count). The number of hydrogen-bond acceptors (Lipinski definition) is 1. The van der Waals surface area contributed by atoms with Crippen LogP contribution in [0.2, 0.25) is 0 Å². The van der Waals surface area contributed by atoms with Crippen LogP contribution in [0.15, 0.2) is 13.2 Å². The predicted octanol–water partition coefficient (Wildman–Crippen LogP) is 1.40. The highest BCUT2D eigenvalue weighted by molar-refractivity contribution is 5.95. The molecule has 0 heterocycles. The lowest BCUT2D eigenvalue weighted by atomic mass is 10.5. The fourth-order valence-corrected chi connectivity index (χ4v) is 0.243. The molecule has 0 aromatic rings. The van der Waals surface area contributed by atoms with Crippen LogP contribution < -0.4 is 0 Å². The van der Waals surface area contributed by atoms with Crippen LogP contribution in [-0.4, -0.2) is 5.78 Å². The normalized spacial score (nSPS) is 25.3. The lowest BCUT2D eigenvalue weighted by Gasteiger charge is -1.52. The lowest BCUT2D eigenvalue weighted by Crippen LogP contribution is -1.60. The molecule has 1 aliphatic carbocycles. The van der Waals surface area contributed by atoms with Gasteiger partial charge >= 0.3 is 0 Å². The third-order valence-corrected chi connectivity index (χ3v) is 0.897. The van der Waals surface area contributed by atoms with Crippen LogP contribution in [-0.2, 0) is 4.79 Å². The van der Waals surface area contributed by atoms with Gasteiger partial charge in [0.15, 0.2) is 0 Å². The Morgan fingerprint density at radius 3 is 1.86 bits per heavy atom. The third kappa shape index (κ3) is 2.15. The molecule has 0 amide bonds. The maximum absolute atomic E-state index is 9.89. The largest absolute Gasteiger partial charge is 0.299 e. The van der Waals surface area contributed by atoms with Crippen molar-refractivity contribution in [1.82, 2.24) is 0 Å². The van der Waals surface area contributed by atoms with E-state index in [1.807, 2.05) is 6.92 Å². The Balaban J connectivity index is 0.000000162. The van der Waals surface area contributed by atoms with Gasteiger partial charge in [0.25, 0.3) is 0 Å². The third-order valence-electron chi connectivity index (χ3n) is 0.897. The van der Waals surface area contributed by atoms with Gasteiger partial charge in [0.1, 0.15) is 5.78 Å². The summed E-state index contributed by atoms with van der Waals surface area (Å²) in [5.74, 6) is 0.833. The Kier molecular flexibility index (Phi) is 2.34. The van der Waals surface area contributed by atoms with Gasteiger partial charge in [0.2, 0.25) is 0 Å². The minimum Gasteiger partial charge on any atom is -0.299 e. The van der Waals surface area contributed by atoms with E-state index in [-0.39, 0.29) is 0 Å². The summed E-state index contributed by atoms with van der Waals surface area (Å²) in [5.41, 5.74) is 0. The number of carbonyl (C=O) groups is 1. The number of carbonyl (C=O) groups excluding carboxylic acids is 1. The summed E-state index contributed by atoms with van der Waals surface area (Å²) in [4.78, 5) is 9.89. The zero-order valence-electron chi connectivity index (χ0n) is 4.61. The van der Waals surface area contributed by atoms with E-state index in [1.165, 1.54) is 0 Å². The Morgan fingerprint density at radius 1 is 1.71 bits per heavy atom. The number of rotatable bonds is 0. The van der Waals surface area contributed by atoms with Crippen LogP contribution in [0.3, 0.4) is 0 Å². The average Bonchev–Trinajstić information content (AvgIpc) is 2.27. The van der Waals surface area contributed by atoms with Crippen molar-refractivity contribution in [1.29, 1.82) is 0 Å². The van der Waals surface area contributed by atoms with E-state index in [4.69, 9.17) is 0 Å². The molecule has 0 saturated heterocycles. The highest BCUT2D eigenvalue weighted by Gasteiger charge is 2.28. The molecule has 0 aromatic carbocycles. The van der Waals surface area contributed by atoms with Gasteiger partial charge < -0.3 is 0 Å². The van der Waals surface area contributed by atoms with Gasteiger partial charge in [-0.3, -0.25) is 4.79 Å². The fraction of sp³-hybridized carbons (Fsp3) is 0.500. The van der Waals surface area contributed by atoms with Gasteiger partial charge in [0.05, 0.1) is 0 Å². The summed E-state index contributed by atoms with van der Waals surface area (Å²) in [5, 5.41) is 0. The standard InChI is InChI=1S/C4H6O.C2H4/c1-3-2-4(3)5;1-2/h3H,2H2,1H3;1-2H2. The molecule has 1 heteroatoms. The van der Waals surface area contributed by atoms with Crippen molar-refractivity contribution in [3.8, 4) is 0 Å². The van der Waals surface area contributed by atoms with Crippen molar-refractivity contribution in [2.24, 2.45) is 5.92 Å². The molecule has 0 radical (unpaired) electrons. The van der Waals surface area contributed by atoms with E-state index in [1.54, 1.807) is 0 Å². The molecule has 0 aliphatic heterocycles. The van der Waals surface area contributed by atoms with Gasteiger partial charge in [-0.1, -0.05) is 6.92 Å². The zero-order valence-corrected chi connectivity index (χ0v) is 4.61. The average molecular weight is 98.1 g/mol. The van der Waals surface area contributed by atoms with E-state index < -0.39 is 0 Å². The van der Waals surface area contributed by atoms with Crippen molar-refractivity contribution < 1.29 is 4.79 Å².